The number of anilines is 1. The molecule has 0 bridgehead atoms. The number of thiazole rings is 2. The normalized spacial score (nSPS) is 18.4. The highest BCUT2D eigenvalue weighted by Crippen LogP contribution is 2.40. The van der Waals surface area contributed by atoms with Crippen LogP contribution in [0.5, 0.6) is 0 Å². The van der Waals surface area contributed by atoms with Crippen molar-refractivity contribution in [2.24, 2.45) is 10.9 Å². The number of β-lactam (4-membered cyclic amide) rings is 1. The summed E-state index contributed by atoms with van der Waals surface area (Å²) in [6.07, 6.45) is 5.86. The highest BCUT2D eigenvalue weighted by atomic mass is 35.5. The highest BCUT2D eigenvalue weighted by Gasteiger charge is 2.53. The Hall–Kier alpha value is -4.46. The van der Waals surface area contributed by atoms with Crippen LogP contribution in [-0.4, -0.2) is 78.0 Å². The van der Waals surface area contributed by atoms with E-state index in [9.17, 15) is 19.5 Å². The number of thioether (sulfide) groups is 1. The molecule has 0 aromatic carbocycles. The molecule has 6 heterocycles. The number of nitrogens with zero attached hydrogens (tertiary/aromatic N) is 6. The van der Waals surface area contributed by atoms with Crippen LogP contribution in [0.25, 0.3) is 5.65 Å². The number of carboxylic acid groups (broad SMARTS) is 1. The third-order valence-corrected chi connectivity index (χ3v) is 10.1. The Kier molecular flexibility index (Phi) is 7.78. The van der Waals surface area contributed by atoms with Crippen LogP contribution in [-0.2, 0) is 32.2 Å². The number of aromatic nitrogens is 5. The van der Waals surface area contributed by atoms with Crippen LogP contribution in [0.3, 0.4) is 0 Å². The van der Waals surface area contributed by atoms with Crippen molar-refractivity contribution in [1.82, 2.24) is 29.7 Å². The SMILES string of the molecule is CO/N=C(\C(=O)N[C@@H]1C(=O)N2C(C(=O)[O-])=C(C[n+]3cc(Cc4nc(C(=N)N)cs4)c4[nH]ccn43)CS[C@H]12)c1nc(N)sc1Cl. The van der Waals surface area contributed by atoms with Gasteiger partial charge in [0, 0.05) is 29.3 Å². The van der Waals surface area contributed by atoms with Gasteiger partial charge in [-0.15, -0.1) is 32.3 Å². The van der Waals surface area contributed by atoms with E-state index in [1.165, 1.54) is 30.2 Å². The molecule has 20 heteroatoms. The highest BCUT2D eigenvalue weighted by molar-refractivity contribution is 8.00. The lowest BCUT2D eigenvalue weighted by Gasteiger charge is -2.50. The van der Waals surface area contributed by atoms with E-state index in [4.69, 9.17) is 33.3 Å². The minimum absolute atomic E-state index is 0.000125. The van der Waals surface area contributed by atoms with E-state index in [1.807, 2.05) is 15.4 Å². The van der Waals surface area contributed by atoms with E-state index in [0.29, 0.717) is 17.7 Å². The number of hydrogen-bond donors (Lipinski definition) is 5. The van der Waals surface area contributed by atoms with Gasteiger partial charge in [-0.25, -0.2) is 9.97 Å². The predicted octanol–water partition coefficient (Wildman–Crippen LogP) is -0.967. The number of fused-ring (bicyclic) bond motifs is 2. The number of hydrogen-bond acceptors (Lipinski definition) is 13. The average molecular weight is 676 g/mol. The number of oxime groups is 1. The molecule has 1 fully saturated rings. The molecule has 4 aromatic heterocycles. The number of halogens is 1. The van der Waals surface area contributed by atoms with Crippen LogP contribution in [0.4, 0.5) is 5.13 Å². The summed E-state index contributed by atoms with van der Waals surface area (Å²) in [4.78, 5) is 56.2. The Labute approximate surface area is 264 Å². The number of nitrogens with two attached hydrogens (primary N) is 2. The lowest BCUT2D eigenvalue weighted by molar-refractivity contribution is -0.753. The lowest BCUT2D eigenvalue weighted by Crippen LogP contribution is -2.71. The van der Waals surface area contributed by atoms with E-state index in [1.54, 1.807) is 17.8 Å². The van der Waals surface area contributed by atoms with Crippen molar-refractivity contribution in [1.29, 1.82) is 5.41 Å². The summed E-state index contributed by atoms with van der Waals surface area (Å²) in [5, 5.41) is 28.2. The molecule has 0 saturated carbocycles. The van der Waals surface area contributed by atoms with Crippen LogP contribution in [0.1, 0.15) is 22.0 Å². The fourth-order valence-electron chi connectivity index (χ4n) is 4.96. The van der Waals surface area contributed by atoms with Gasteiger partial charge in [-0.05, 0) is 0 Å². The first kappa shape index (κ1) is 29.6. The Balaban J connectivity index is 1.23. The predicted molar refractivity (Wildman–Crippen MR) is 160 cm³/mol. The number of amides is 2. The number of H-pyrrole nitrogens is 1. The number of imidazole rings is 1. The summed E-state index contributed by atoms with van der Waals surface area (Å²) in [6, 6.07) is -1.04. The molecule has 228 valence electrons. The van der Waals surface area contributed by atoms with Crippen molar-refractivity contribution < 1.29 is 29.0 Å². The zero-order chi connectivity index (χ0) is 31.3. The van der Waals surface area contributed by atoms with Gasteiger partial charge in [-0.3, -0.25) is 19.9 Å². The fraction of sp³-hybridized carbons (Fsp3) is 0.250. The van der Waals surface area contributed by atoms with Crippen LogP contribution >= 0.6 is 46.0 Å². The zero-order valence-electron chi connectivity index (χ0n) is 22.6. The van der Waals surface area contributed by atoms with Gasteiger partial charge in [-0.1, -0.05) is 28.1 Å². The van der Waals surface area contributed by atoms with Crippen molar-refractivity contribution in [3.63, 3.8) is 0 Å². The first-order valence-corrected chi connectivity index (χ1v) is 15.8. The van der Waals surface area contributed by atoms with Gasteiger partial charge in [0.2, 0.25) is 6.20 Å². The van der Waals surface area contributed by atoms with Gasteiger partial charge in [0.1, 0.15) is 40.1 Å². The molecule has 2 aliphatic rings. The summed E-state index contributed by atoms with van der Waals surface area (Å²) in [6.45, 7) is 0.147. The number of rotatable bonds is 10. The maximum atomic E-state index is 13.3. The van der Waals surface area contributed by atoms with Crippen LogP contribution in [0.15, 0.2) is 40.4 Å². The number of aromatic amines is 1. The van der Waals surface area contributed by atoms with Gasteiger partial charge in [0.05, 0.1) is 28.4 Å². The molecule has 44 heavy (non-hydrogen) atoms. The number of amidine groups is 1. The van der Waals surface area contributed by atoms with Gasteiger partial charge >= 0.3 is 0 Å². The molecule has 1 saturated heterocycles. The summed E-state index contributed by atoms with van der Waals surface area (Å²) < 4.78 is 3.77. The van der Waals surface area contributed by atoms with Crippen molar-refractivity contribution in [2.75, 3.05) is 18.6 Å². The monoisotopic (exact) mass is 675 g/mol. The first-order valence-electron chi connectivity index (χ1n) is 12.7. The van der Waals surface area contributed by atoms with Gasteiger partial charge in [0.15, 0.2) is 23.0 Å². The standard InChI is InChI=1S/C24H22ClN11O5S3/c1-41-33-14(13-17(25)44-24(28)32-13)20(37)31-15-21(38)36-16(23(39)40)10(7-43-22(15)36)6-34-5-9(19-29-2-3-35(19)34)4-12-30-11(8-42-12)18(26)27/h2-3,5,8,15,22H,4,6-7H2,1H3,(H7,26,27,28,31,32,37,39,40)/b33-14-/t15-,22-/m1/s1. The maximum absolute atomic E-state index is 13.3. The Morgan fingerprint density at radius 2 is 2.20 bits per heavy atom. The quantitative estimate of drug-likeness (QED) is 0.0453. The van der Waals surface area contributed by atoms with Crippen molar-refractivity contribution in [3.8, 4) is 0 Å². The van der Waals surface area contributed by atoms with Crippen LogP contribution in [0, 0.1) is 5.41 Å². The zero-order valence-corrected chi connectivity index (χ0v) is 25.8. The molecule has 6 rings (SSSR count). The smallest absolute Gasteiger partial charge is 0.276 e. The molecule has 2 atom stereocenters. The van der Waals surface area contributed by atoms with E-state index < -0.39 is 29.2 Å². The number of nitrogens with one attached hydrogen (secondary N) is 3. The minimum atomic E-state index is -1.50. The van der Waals surface area contributed by atoms with Crippen LogP contribution < -0.4 is 26.6 Å². The van der Waals surface area contributed by atoms with E-state index in [2.05, 4.69) is 25.4 Å². The van der Waals surface area contributed by atoms with E-state index >= 15 is 0 Å². The number of carbonyl (C=O) groups excluding carboxylic acids is 3. The fourth-order valence-corrected chi connectivity index (χ4v) is 8.04. The Morgan fingerprint density at radius 3 is 2.86 bits per heavy atom. The van der Waals surface area contributed by atoms with E-state index in [-0.39, 0.29) is 44.7 Å². The van der Waals surface area contributed by atoms with Crippen LogP contribution in [0.2, 0.25) is 4.34 Å². The molecule has 7 N–H and O–H groups in total. The number of carbonyl (C=O) groups is 3. The van der Waals surface area contributed by atoms with Gasteiger partial charge in [-0.2, -0.15) is 0 Å². The third kappa shape index (κ3) is 5.16. The van der Waals surface area contributed by atoms with Crippen molar-refractivity contribution >= 4 is 86.1 Å². The molecule has 0 radical (unpaired) electrons. The van der Waals surface area contributed by atoms with Gasteiger partial charge in [0.25, 0.3) is 11.8 Å². The molecular formula is C24H22ClN11O5S3. The maximum Gasteiger partial charge on any atom is 0.276 e. The second kappa shape index (κ2) is 11.6. The first-order chi connectivity index (χ1) is 21.1. The minimum Gasteiger partial charge on any atom is -0.543 e. The number of aliphatic carboxylic acids is 1. The topological polar surface area (TPSA) is 237 Å². The summed E-state index contributed by atoms with van der Waals surface area (Å²) in [5.41, 5.74) is 13.2. The van der Waals surface area contributed by atoms with Gasteiger partial charge < -0.3 is 36.5 Å². The second-order valence-electron chi connectivity index (χ2n) is 9.52. The van der Waals surface area contributed by atoms with E-state index in [0.717, 1.165) is 32.5 Å². The molecule has 2 amide bonds. The summed E-state index contributed by atoms with van der Waals surface area (Å²) in [7, 11) is 1.24. The van der Waals surface area contributed by atoms with Crippen molar-refractivity contribution in [2.45, 2.75) is 24.4 Å². The Bertz CT molecular complexity index is 1910. The summed E-state index contributed by atoms with van der Waals surface area (Å²) in [5.74, 6) is -2.77. The average Bonchev–Trinajstić information content (AvgIpc) is 3.77. The molecule has 0 unspecified atom stereocenters. The van der Waals surface area contributed by atoms with Crippen molar-refractivity contribution in [3.05, 3.63) is 61.5 Å². The molecule has 2 aliphatic heterocycles. The Morgan fingerprint density at radius 1 is 1.41 bits per heavy atom. The molecule has 16 nitrogen and oxygen atoms in total. The molecule has 4 aromatic rings. The molecule has 0 aliphatic carbocycles. The lowest BCUT2D eigenvalue weighted by atomic mass is 10.0. The summed E-state index contributed by atoms with van der Waals surface area (Å²) >= 11 is 9.78. The number of carboxylic acids is 1. The molecule has 0 spiro atoms. The third-order valence-electron chi connectivity index (χ3n) is 6.82. The molecular weight excluding hydrogens is 654 g/mol. The second-order valence-corrected chi connectivity index (χ2v) is 13.2. The number of nitrogen functional groups attached to an aromatic ring is 2. The largest absolute Gasteiger partial charge is 0.543 e.